The normalized spacial score (nSPS) is 30.2. The van der Waals surface area contributed by atoms with Crippen molar-refractivity contribution in [2.45, 2.75) is 36.9 Å². The Bertz CT molecular complexity index is 1610. The number of benzene rings is 2. The molecule has 11 heteroatoms. The van der Waals surface area contributed by atoms with Crippen LogP contribution < -0.4 is 9.47 Å². The molecule has 0 amide bonds. The highest BCUT2D eigenvalue weighted by molar-refractivity contribution is 6.11. The maximum Gasteiger partial charge on any atom is 0.313 e. The summed E-state index contributed by atoms with van der Waals surface area (Å²) in [6.07, 6.45) is 0.842. The van der Waals surface area contributed by atoms with Gasteiger partial charge in [0, 0.05) is 11.8 Å². The van der Waals surface area contributed by atoms with Gasteiger partial charge in [0.2, 0.25) is 11.6 Å². The molecule has 2 heterocycles. The number of phenols is 2. The van der Waals surface area contributed by atoms with Crippen molar-refractivity contribution in [3.8, 4) is 23.0 Å². The van der Waals surface area contributed by atoms with Crippen LogP contribution in [0.2, 0.25) is 0 Å². The first-order chi connectivity index (χ1) is 20.4. The number of carboxylic acids is 1. The zero-order valence-corrected chi connectivity index (χ0v) is 23.1. The molecule has 4 N–H and O–H groups in total. The highest BCUT2D eigenvalue weighted by atomic mass is 16.5. The zero-order valence-electron chi connectivity index (χ0n) is 23.1. The van der Waals surface area contributed by atoms with E-state index in [9.17, 15) is 39.6 Å². The molecule has 0 bridgehead atoms. The molecule has 6 atom stereocenters. The number of phenolic OH excluding ortho intramolecular Hbond substituents is 2. The summed E-state index contributed by atoms with van der Waals surface area (Å²) in [4.78, 5) is 53.4. The molecule has 11 nitrogen and oxygen atoms in total. The van der Waals surface area contributed by atoms with E-state index >= 15 is 0 Å². The molecule has 2 aromatic carbocycles. The third kappa shape index (κ3) is 3.98. The van der Waals surface area contributed by atoms with E-state index in [1.54, 1.807) is 0 Å². The van der Waals surface area contributed by atoms with Gasteiger partial charge in [-0.3, -0.25) is 19.2 Å². The second-order valence-electron chi connectivity index (χ2n) is 11.6. The average molecular weight is 591 g/mol. The van der Waals surface area contributed by atoms with Crippen LogP contribution in [0.15, 0.2) is 60.7 Å². The predicted molar refractivity (Wildman–Crippen MR) is 148 cm³/mol. The summed E-state index contributed by atoms with van der Waals surface area (Å²) >= 11 is 0. The number of Topliss-reactive ketones (excluding diaryl/α,β-unsaturated/α-hetero) is 2. The summed E-state index contributed by atoms with van der Waals surface area (Å²) in [5.41, 5.74) is -2.80. The van der Waals surface area contributed by atoms with Crippen molar-refractivity contribution < 1.29 is 53.8 Å². The van der Waals surface area contributed by atoms with Gasteiger partial charge in [0.05, 0.1) is 17.7 Å². The number of aliphatic hydroxyl groups is 1. The number of esters is 1. The lowest BCUT2D eigenvalue weighted by Crippen LogP contribution is -2.53. The number of hydrogen-bond donors (Lipinski definition) is 4. The number of carbonyl (C=O) groups is 4. The number of aliphatic hydroxyl groups excluding tert-OH is 1. The lowest BCUT2D eigenvalue weighted by Gasteiger charge is -2.35. The molecule has 4 aliphatic rings. The van der Waals surface area contributed by atoms with Gasteiger partial charge < -0.3 is 34.6 Å². The Labute approximate surface area is 246 Å². The van der Waals surface area contributed by atoms with Crippen LogP contribution in [-0.2, 0) is 14.3 Å². The topological polar surface area (TPSA) is 177 Å². The van der Waals surface area contributed by atoms with Crippen molar-refractivity contribution in [1.29, 1.82) is 0 Å². The van der Waals surface area contributed by atoms with Crippen LogP contribution in [0.4, 0.5) is 0 Å². The molecule has 2 fully saturated rings. The molecule has 0 saturated heterocycles. The van der Waals surface area contributed by atoms with E-state index in [1.165, 1.54) is 36.4 Å². The van der Waals surface area contributed by atoms with E-state index in [0.29, 0.717) is 12.0 Å². The molecule has 6 rings (SSSR count). The summed E-state index contributed by atoms with van der Waals surface area (Å²) in [5.74, 6) is -6.89. The van der Waals surface area contributed by atoms with Crippen LogP contribution in [0, 0.1) is 23.7 Å². The fraction of sp³-hybridized carbons (Fsp3) is 0.375. The van der Waals surface area contributed by atoms with Crippen LogP contribution >= 0.6 is 0 Å². The fourth-order valence-electron chi connectivity index (χ4n) is 7.46. The monoisotopic (exact) mass is 590 g/mol. The Morgan fingerprint density at radius 3 is 1.77 bits per heavy atom. The molecule has 2 aliphatic heterocycles. The third-order valence-electron chi connectivity index (χ3n) is 9.41. The molecule has 2 aliphatic carbocycles. The predicted octanol–water partition coefficient (Wildman–Crippen LogP) is 3.21. The molecule has 43 heavy (non-hydrogen) atoms. The first-order valence-electron chi connectivity index (χ1n) is 13.9. The van der Waals surface area contributed by atoms with Gasteiger partial charge in [-0.15, -0.1) is 0 Å². The van der Waals surface area contributed by atoms with E-state index in [4.69, 9.17) is 14.2 Å². The number of ether oxygens (including phenoxy) is 3. The van der Waals surface area contributed by atoms with Crippen LogP contribution in [0.5, 0.6) is 23.0 Å². The summed E-state index contributed by atoms with van der Waals surface area (Å²) in [6.45, 7) is 7.13. The van der Waals surface area contributed by atoms with Gasteiger partial charge in [0.25, 0.3) is 0 Å². The van der Waals surface area contributed by atoms with Gasteiger partial charge in [-0.25, -0.2) is 0 Å². The molecule has 0 radical (unpaired) electrons. The Morgan fingerprint density at radius 1 is 0.791 bits per heavy atom. The van der Waals surface area contributed by atoms with Crippen LogP contribution in [0.1, 0.15) is 46.4 Å². The second kappa shape index (κ2) is 9.98. The van der Waals surface area contributed by atoms with Crippen LogP contribution in [0.25, 0.3) is 0 Å². The van der Waals surface area contributed by atoms with Crippen LogP contribution in [-0.4, -0.2) is 68.3 Å². The van der Waals surface area contributed by atoms with Crippen molar-refractivity contribution in [3.63, 3.8) is 0 Å². The summed E-state index contributed by atoms with van der Waals surface area (Å²) < 4.78 is 17.9. The fourth-order valence-corrected chi connectivity index (χ4v) is 7.46. The Morgan fingerprint density at radius 2 is 1.26 bits per heavy atom. The summed E-state index contributed by atoms with van der Waals surface area (Å²) in [5, 5.41) is 39.7. The van der Waals surface area contributed by atoms with Crippen molar-refractivity contribution in [2.24, 2.45) is 23.7 Å². The molecule has 2 spiro atoms. The number of hydrogen-bond acceptors (Lipinski definition) is 10. The third-order valence-corrected chi connectivity index (χ3v) is 9.41. The minimum atomic E-state index is -1.82. The average Bonchev–Trinajstić information content (AvgIpc) is 3.70. The summed E-state index contributed by atoms with van der Waals surface area (Å²) in [6, 6.07) is 8.04. The highest BCUT2D eigenvalue weighted by Gasteiger charge is 2.66. The van der Waals surface area contributed by atoms with Crippen molar-refractivity contribution >= 4 is 23.5 Å². The number of carbonyl (C=O) groups excluding carboxylic acids is 3. The summed E-state index contributed by atoms with van der Waals surface area (Å²) in [7, 11) is 0. The number of rotatable bonds is 7. The number of fused-ring (bicyclic) bond motifs is 2. The van der Waals surface area contributed by atoms with Crippen LogP contribution in [0.3, 0.4) is 0 Å². The number of aliphatic carboxylic acids is 1. The van der Waals surface area contributed by atoms with E-state index in [2.05, 4.69) is 13.2 Å². The molecular weight excluding hydrogens is 560 g/mol. The van der Waals surface area contributed by atoms with E-state index in [-0.39, 0.29) is 65.6 Å². The maximum atomic E-state index is 13.8. The first kappa shape index (κ1) is 28.5. The maximum absolute atomic E-state index is 13.8. The van der Waals surface area contributed by atoms with Gasteiger partial charge in [0.1, 0.15) is 41.4 Å². The SMILES string of the molecule is C=C(COC(=O)[C@@H]1CC[C@@H](C(=C)CO)[C@@]12Oc1ccc(O)cc1C2=O)[C@@H]1CC[C@@H](C(=O)O)[C@]12Oc1ccc(O)cc1C2=O. The molecule has 2 aromatic rings. The van der Waals surface area contributed by atoms with E-state index in [0.717, 1.165) is 0 Å². The van der Waals surface area contributed by atoms with Gasteiger partial charge in [0.15, 0.2) is 11.2 Å². The standard InChI is InChI=1S/C32H30O11/c1-15(13-33)21-6-8-24(32(21)28(37)20-12-18(35)4-10-26(20)43-32)30(40)41-14-16(2)22-5-7-23(29(38)39)31(22)27(36)19-11-17(34)3-9-25(19)42-31/h3-4,9-12,21-24,33-35H,1-2,5-8,13-14H2,(H,38,39)/t21-,22-,23-,24-,31+,32+/m0/s1. The van der Waals surface area contributed by atoms with E-state index < -0.39 is 65.0 Å². The molecule has 2 saturated carbocycles. The highest BCUT2D eigenvalue weighted by Crippen LogP contribution is 2.55. The minimum absolute atomic E-state index is 0.0634. The van der Waals surface area contributed by atoms with Crippen molar-refractivity contribution in [3.05, 3.63) is 71.8 Å². The zero-order chi connectivity index (χ0) is 30.8. The second-order valence-corrected chi connectivity index (χ2v) is 11.6. The molecule has 224 valence electrons. The Kier molecular flexibility index (Phi) is 6.61. The molecule has 0 aromatic heterocycles. The lowest BCUT2D eigenvalue weighted by atomic mass is 9.76. The minimum Gasteiger partial charge on any atom is -0.508 e. The van der Waals surface area contributed by atoms with Gasteiger partial charge in [-0.05, 0) is 73.2 Å². The largest absolute Gasteiger partial charge is 0.508 e. The Balaban J connectivity index is 1.25. The number of ketones is 2. The van der Waals surface area contributed by atoms with Crippen molar-refractivity contribution in [1.82, 2.24) is 0 Å². The smallest absolute Gasteiger partial charge is 0.313 e. The first-order valence-corrected chi connectivity index (χ1v) is 13.9. The molecular formula is C32H30O11. The van der Waals surface area contributed by atoms with Gasteiger partial charge in [-0.2, -0.15) is 0 Å². The lowest BCUT2D eigenvalue weighted by molar-refractivity contribution is -0.153. The Hall–Kier alpha value is -4.64. The quantitative estimate of drug-likeness (QED) is 0.275. The number of carboxylic acid groups (broad SMARTS) is 1. The molecule has 0 unspecified atom stereocenters. The number of aromatic hydroxyl groups is 2. The van der Waals surface area contributed by atoms with Gasteiger partial charge in [-0.1, -0.05) is 13.2 Å². The van der Waals surface area contributed by atoms with Crippen molar-refractivity contribution in [2.75, 3.05) is 13.2 Å². The van der Waals surface area contributed by atoms with E-state index in [1.807, 2.05) is 0 Å². The van der Waals surface area contributed by atoms with Gasteiger partial charge >= 0.3 is 11.9 Å².